The van der Waals surface area contributed by atoms with Gasteiger partial charge in [0.15, 0.2) is 0 Å². The van der Waals surface area contributed by atoms with Crippen molar-refractivity contribution in [2.75, 3.05) is 26.2 Å². The Bertz CT molecular complexity index is 473. The first-order chi connectivity index (χ1) is 9.61. The Hall–Kier alpha value is -1.07. The van der Waals surface area contributed by atoms with Gasteiger partial charge in [-0.2, -0.15) is 0 Å². The third-order valence-corrected chi connectivity index (χ3v) is 4.29. The van der Waals surface area contributed by atoms with Crippen LogP contribution in [0, 0.1) is 5.92 Å². The number of piperidine rings is 1. The van der Waals surface area contributed by atoms with Crippen molar-refractivity contribution in [2.24, 2.45) is 5.92 Å². The van der Waals surface area contributed by atoms with Crippen LogP contribution in [0.2, 0.25) is 0 Å². The highest BCUT2D eigenvalue weighted by molar-refractivity contribution is 9.10. The molecule has 20 heavy (non-hydrogen) atoms. The van der Waals surface area contributed by atoms with Crippen LogP contribution in [-0.4, -0.2) is 42.1 Å². The lowest BCUT2D eigenvalue weighted by molar-refractivity contribution is 0.0723. The number of phenolic OH excluding ortho intramolecular Hbond substituents is 1. The number of aromatic hydroxyl groups is 1. The van der Waals surface area contributed by atoms with Gasteiger partial charge in [0.25, 0.3) is 5.91 Å². The number of rotatable bonds is 4. The van der Waals surface area contributed by atoms with Crippen molar-refractivity contribution in [2.45, 2.75) is 19.8 Å². The smallest absolute Gasteiger partial charge is 0.257 e. The second-order valence-corrected chi connectivity index (χ2v) is 6.11. The molecule has 1 aliphatic heterocycles. The molecule has 2 N–H and O–H groups in total. The molecule has 1 amide bonds. The van der Waals surface area contributed by atoms with Gasteiger partial charge in [0.05, 0.1) is 5.56 Å². The molecule has 1 heterocycles. The van der Waals surface area contributed by atoms with E-state index in [1.54, 1.807) is 18.2 Å². The van der Waals surface area contributed by atoms with Crippen LogP contribution in [-0.2, 0) is 0 Å². The largest absolute Gasteiger partial charge is 0.507 e. The maximum atomic E-state index is 12.5. The predicted octanol–water partition coefficient (Wildman–Crippen LogP) is 2.62. The van der Waals surface area contributed by atoms with Crippen molar-refractivity contribution in [1.29, 1.82) is 0 Å². The summed E-state index contributed by atoms with van der Waals surface area (Å²) in [5.74, 6) is 0.502. The van der Waals surface area contributed by atoms with Gasteiger partial charge in [0.1, 0.15) is 5.75 Å². The number of nitrogens with zero attached hydrogens (tertiary/aromatic N) is 1. The third-order valence-electron chi connectivity index (χ3n) is 3.80. The van der Waals surface area contributed by atoms with Gasteiger partial charge >= 0.3 is 0 Å². The van der Waals surface area contributed by atoms with E-state index in [1.807, 2.05) is 11.8 Å². The molecule has 0 aromatic heterocycles. The van der Waals surface area contributed by atoms with E-state index in [9.17, 15) is 9.90 Å². The van der Waals surface area contributed by atoms with Crippen molar-refractivity contribution in [3.8, 4) is 5.75 Å². The predicted molar refractivity (Wildman–Crippen MR) is 83.0 cm³/mol. The molecule has 1 aromatic carbocycles. The molecule has 0 bridgehead atoms. The summed E-state index contributed by atoms with van der Waals surface area (Å²) in [6.45, 7) is 5.47. The van der Waals surface area contributed by atoms with E-state index < -0.39 is 0 Å². The highest BCUT2D eigenvalue weighted by atomic mass is 79.9. The zero-order chi connectivity index (χ0) is 14.5. The fourth-order valence-corrected chi connectivity index (χ4v) is 2.94. The Morgan fingerprint density at radius 3 is 2.75 bits per heavy atom. The lowest BCUT2D eigenvalue weighted by Crippen LogP contribution is -2.39. The highest BCUT2D eigenvalue weighted by Crippen LogP contribution is 2.24. The number of hydrogen-bond acceptors (Lipinski definition) is 3. The minimum absolute atomic E-state index is 0.0353. The first-order valence-electron chi connectivity index (χ1n) is 7.10. The van der Waals surface area contributed by atoms with Gasteiger partial charge < -0.3 is 15.3 Å². The van der Waals surface area contributed by atoms with Crippen LogP contribution in [0.1, 0.15) is 30.1 Å². The zero-order valence-corrected chi connectivity index (χ0v) is 13.3. The molecule has 0 radical (unpaired) electrons. The second-order valence-electron chi connectivity index (χ2n) is 5.20. The van der Waals surface area contributed by atoms with E-state index in [0.717, 1.165) is 36.9 Å². The van der Waals surface area contributed by atoms with Crippen LogP contribution in [0.25, 0.3) is 0 Å². The van der Waals surface area contributed by atoms with Crippen LogP contribution < -0.4 is 5.32 Å². The van der Waals surface area contributed by atoms with Gasteiger partial charge in [-0.3, -0.25) is 4.79 Å². The van der Waals surface area contributed by atoms with Crippen LogP contribution >= 0.6 is 15.9 Å². The maximum Gasteiger partial charge on any atom is 0.257 e. The minimum Gasteiger partial charge on any atom is -0.507 e. The molecule has 1 saturated heterocycles. The SMILES string of the molecule is CCN(CC1CCNCC1)C(=O)c1ccc(Br)cc1O. The van der Waals surface area contributed by atoms with E-state index >= 15 is 0 Å². The van der Waals surface area contributed by atoms with Gasteiger partial charge in [-0.05, 0) is 57.0 Å². The van der Waals surface area contributed by atoms with Crippen LogP contribution in [0.5, 0.6) is 5.75 Å². The van der Waals surface area contributed by atoms with Crippen LogP contribution in [0.15, 0.2) is 22.7 Å². The number of carbonyl (C=O) groups is 1. The lowest BCUT2D eigenvalue weighted by Gasteiger charge is -2.29. The molecule has 1 fully saturated rings. The summed E-state index contributed by atoms with van der Waals surface area (Å²) in [6, 6.07) is 5.02. The van der Waals surface area contributed by atoms with Gasteiger partial charge in [-0.1, -0.05) is 15.9 Å². The number of hydrogen-bond donors (Lipinski definition) is 2. The Balaban J connectivity index is 2.07. The lowest BCUT2D eigenvalue weighted by atomic mass is 9.97. The Morgan fingerprint density at radius 1 is 1.45 bits per heavy atom. The summed E-state index contributed by atoms with van der Waals surface area (Å²) >= 11 is 3.29. The van der Waals surface area contributed by atoms with Gasteiger partial charge in [0.2, 0.25) is 0 Å². The molecule has 2 rings (SSSR count). The highest BCUT2D eigenvalue weighted by Gasteiger charge is 2.22. The summed E-state index contributed by atoms with van der Waals surface area (Å²) in [7, 11) is 0. The molecule has 0 atom stereocenters. The van der Waals surface area contributed by atoms with E-state index in [1.165, 1.54) is 0 Å². The first kappa shape index (κ1) is 15.3. The molecule has 0 aliphatic carbocycles. The molecule has 1 aromatic rings. The number of halogens is 1. The Kier molecular flexibility index (Phi) is 5.43. The summed E-state index contributed by atoms with van der Waals surface area (Å²) < 4.78 is 0.771. The van der Waals surface area contributed by atoms with Crippen molar-refractivity contribution in [3.63, 3.8) is 0 Å². The average Bonchev–Trinajstić information content (AvgIpc) is 2.45. The summed E-state index contributed by atoms with van der Waals surface area (Å²) in [6.07, 6.45) is 2.21. The number of carbonyl (C=O) groups excluding carboxylic acids is 1. The number of benzene rings is 1. The van der Waals surface area contributed by atoms with Crippen LogP contribution in [0.3, 0.4) is 0 Å². The molecular weight excluding hydrogens is 320 g/mol. The number of amides is 1. The standard InChI is InChI=1S/C15H21BrN2O2/c1-2-18(10-11-5-7-17-8-6-11)15(20)13-4-3-12(16)9-14(13)19/h3-4,9,11,17,19H,2,5-8,10H2,1H3. The van der Waals surface area contributed by atoms with Crippen LogP contribution in [0.4, 0.5) is 0 Å². The van der Waals surface area contributed by atoms with Gasteiger partial charge in [0, 0.05) is 17.6 Å². The fourth-order valence-electron chi connectivity index (χ4n) is 2.59. The first-order valence-corrected chi connectivity index (χ1v) is 7.89. The summed E-state index contributed by atoms with van der Waals surface area (Å²) in [5.41, 5.74) is 0.379. The van der Waals surface area contributed by atoms with Gasteiger partial charge in [-0.25, -0.2) is 0 Å². The molecule has 1 aliphatic rings. The normalized spacial score (nSPS) is 16.1. The molecule has 110 valence electrons. The molecule has 0 saturated carbocycles. The minimum atomic E-state index is -0.0870. The summed E-state index contributed by atoms with van der Waals surface area (Å²) in [5, 5.41) is 13.3. The third kappa shape index (κ3) is 3.73. The Labute approximate surface area is 128 Å². The molecular formula is C15H21BrN2O2. The summed E-state index contributed by atoms with van der Waals surface area (Å²) in [4.78, 5) is 14.3. The number of phenols is 1. The monoisotopic (exact) mass is 340 g/mol. The van der Waals surface area contributed by atoms with E-state index in [2.05, 4.69) is 21.2 Å². The van der Waals surface area contributed by atoms with E-state index in [4.69, 9.17) is 0 Å². The number of nitrogens with one attached hydrogen (secondary N) is 1. The second kappa shape index (κ2) is 7.09. The zero-order valence-electron chi connectivity index (χ0n) is 11.7. The topological polar surface area (TPSA) is 52.6 Å². The molecule has 4 nitrogen and oxygen atoms in total. The van der Waals surface area contributed by atoms with Crippen molar-refractivity contribution >= 4 is 21.8 Å². The molecule has 0 spiro atoms. The van der Waals surface area contributed by atoms with Crippen molar-refractivity contribution < 1.29 is 9.90 Å². The Morgan fingerprint density at radius 2 is 2.15 bits per heavy atom. The van der Waals surface area contributed by atoms with E-state index in [-0.39, 0.29) is 11.7 Å². The maximum absolute atomic E-state index is 12.5. The fraction of sp³-hybridized carbons (Fsp3) is 0.533. The van der Waals surface area contributed by atoms with Crippen molar-refractivity contribution in [3.05, 3.63) is 28.2 Å². The van der Waals surface area contributed by atoms with E-state index in [0.29, 0.717) is 18.0 Å². The molecule has 5 heteroatoms. The average molecular weight is 341 g/mol. The quantitative estimate of drug-likeness (QED) is 0.885. The van der Waals surface area contributed by atoms with Crippen molar-refractivity contribution in [1.82, 2.24) is 10.2 Å². The van der Waals surface area contributed by atoms with Gasteiger partial charge in [-0.15, -0.1) is 0 Å². The molecule has 0 unspecified atom stereocenters.